The standard InChI is InChI=1S/C16H25NO5/c1-16(2,3)22-14(19)11-12-7-5-4-6-8-13(18)21-10-9-17-15(12)20/h4-5,12H,6-11H2,1-3H3,(H,17,20)/b5-4+/t12-/m0/s1. The van der Waals surface area contributed by atoms with Crippen molar-refractivity contribution in [2.24, 2.45) is 5.92 Å². The third-order valence-corrected chi connectivity index (χ3v) is 2.97. The molecule has 0 aromatic heterocycles. The molecule has 0 fully saturated rings. The summed E-state index contributed by atoms with van der Waals surface area (Å²) in [5, 5.41) is 2.68. The van der Waals surface area contributed by atoms with Gasteiger partial charge in [-0.1, -0.05) is 12.2 Å². The van der Waals surface area contributed by atoms with Gasteiger partial charge in [-0.2, -0.15) is 0 Å². The molecule has 1 N–H and O–H groups in total. The quantitative estimate of drug-likeness (QED) is 0.620. The van der Waals surface area contributed by atoms with Crippen molar-refractivity contribution in [3.8, 4) is 0 Å². The molecule has 1 aliphatic heterocycles. The third-order valence-electron chi connectivity index (χ3n) is 2.97. The lowest BCUT2D eigenvalue weighted by Gasteiger charge is -2.21. The molecule has 0 aromatic carbocycles. The lowest BCUT2D eigenvalue weighted by atomic mass is 9.99. The topological polar surface area (TPSA) is 81.7 Å². The molecule has 1 atom stereocenters. The number of ether oxygens (including phenoxy) is 2. The second-order valence-corrected chi connectivity index (χ2v) is 6.24. The van der Waals surface area contributed by atoms with Gasteiger partial charge in [0, 0.05) is 6.42 Å². The van der Waals surface area contributed by atoms with Crippen molar-refractivity contribution in [1.82, 2.24) is 5.32 Å². The van der Waals surface area contributed by atoms with Crippen molar-refractivity contribution in [2.75, 3.05) is 13.2 Å². The normalized spacial score (nSPS) is 22.6. The minimum absolute atomic E-state index is 0.0350. The Balaban J connectivity index is 2.64. The highest BCUT2D eigenvalue weighted by Crippen LogP contribution is 2.16. The number of amides is 1. The number of cyclic esters (lactones) is 1. The van der Waals surface area contributed by atoms with Gasteiger partial charge in [-0.15, -0.1) is 0 Å². The first kappa shape index (κ1) is 18.2. The van der Waals surface area contributed by atoms with Crippen LogP contribution in [0.15, 0.2) is 12.2 Å². The van der Waals surface area contributed by atoms with Gasteiger partial charge in [0.1, 0.15) is 12.2 Å². The zero-order valence-electron chi connectivity index (χ0n) is 13.5. The van der Waals surface area contributed by atoms with E-state index in [1.165, 1.54) is 0 Å². The number of nitrogens with one attached hydrogen (secondary N) is 1. The van der Waals surface area contributed by atoms with E-state index in [0.29, 0.717) is 19.3 Å². The lowest BCUT2D eigenvalue weighted by molar-refractivity contribution is -0.157. The summed E-state index contributed by atoms with van der Waals surface area (Å²) in [5.41, 5.74) is -0.566. The Kier molecular flexibility index (Phi) is 7.08. The highest BCUT2D eigenvalue weighted by molar-refractivity contribution is 5.84. The highest BCUT2D eigenvalue weighted by Gasteiger charge is 2.24. The molecule has 6 heteroatoms. The van der Waals surface area contributed by atoms with Gasteiger partial charge in [-0.25, -0.2) is 0 Å². The van der Waals surface area contributed by atoms with Crippen LogP contribution < -0.4 is 5.32 Å². The number of carbonyl (C=O) groups excluding carboxylic acids is 3. The summed E-state index contributed by atoms with van der Waals surface area (Å²) in [6.45, 7) is 5.77. The molecule has 1 heterocycles. The summed E-state index contributed by atoms with van der Waals surface area (Å²) in [7, 11) is 0. The predicted octanol–water partition coefficient (Wildman–Crippen LogP) is 1.73. The van der Waals surface area contributed by atoms with Crippen LogP contribution in [0.25, 0.3) is 0 Å². The number of rotatable bonds is 2. The van der Waals surface area contributed by atoms with Crippen molar-refractivity contribution in [3.05, 3.63) is 12.2 Å². The molecule has 1 rings (SSSR count). The second-order valence-electron chi connectivity index (χ2n) is 6.24. The molecule has 22 heavy (non-hydrogen) atoms. The first-order valence-electron chi connectivity index (χ1n) is 7.58. The molecule has 0 saturated carbocycles. The Morgan fingerprint density at radius 3 is 2.77 bits per heavy atom. The van der Waals surface area contributed by atoms with Gasteiger partial charge in [0.2, 0.25) is 5.91 Å². The number of esters is 2. The summed E-state index contributed by atoms with van der Waals surface area (Å²) in [4.78, 5) is 35.3. The first-order chi connectivity index (χ1) is 10.3. The van der Waals surface area contributed by atoms with Crippen LogP contribution in [0.3, 0.4) is 0 Å². The summed E-state index contributed by atoms with van der Waals surface area (Å²) in [5.74, 6) is -1.36. The molecule has 0 spiro atoms. The van der Waals surface area contributed by atoms with E-state index >= 15 is 0 Å². The minimum Gasteiger partial charge on any atom is -0.464 e. The Labute approximate surface area is 131 Å². The number of hydrogen-bond acceptors (Lipinski definition) is 5. The molecule has 124 valence electrons. The molecule has 1 amide bonds. The van der Waals surface area contributed by atoms with E-state index in [-0.39, 0.29) is 37.4 Å². The van der Waals surface area contributed by atoms with Crippen LogP contribution in [0.2, 0.25) is 0 Å². The zero-order valence-corrected chi connectivity index (χ0v) is 13.5. The fourth-order valence-electron chi connectivity index (χ4n) is 2.00. The number of carbonyl (C=O) groups is 3. The van der Waals surface area contributed by atoms with Crippen LogP contribution in [0.1, 0.15) is 46.5 Å². The molecule has 1 aliphatic rings. The minimum atomic E-state index is -0.566. The highest BCUT2D eigenvalue weighted by atomic mass is 16.6. The third kappa shape index (κ3) is 7.81. The molecule has 0 aromatic rings. The number of allylic oxidation sites excluding steroid dienone is 2. The van der Waals surface area contributed by atoms with Gasteiger partial charge < -0.3 is 14.8 Å². The lowest BCUT2D eigenvalue weighted by Crippen LogP contribution is -2.35. The van der Waals surface area contributed by atoms with E-state index in [4.69, 9.17) is 9.47 Å². The van der Waals surface area contributed by atoms with Gasteiger partial charge in [-0.05, 0) is 33.6 Å². The van der Waals surface area contributed by atoms with Gasteiger partial charge in [0.05, 0.1) is 18.9 Å². The number of hydrogen-bond donors (Lipinski definition) is 1. The van der Waals surface area contributed by atoms with Crippen molar-refractivity contribution in [1.29, 1.82) is 0 Å². The van der Waals surface area contributed by atoms with Crippen LogP contribution in [0, 0.1) is 5.92 Å². The Hall–Kier alpha value is -1.85. The first-order valence-corrected chi connectivity index (χ1v) is 7.58. The molecule has 0 unspecified atom stereocenters. The molecular formula is C16H25NO5. The van der Waals surface area contributed by atoms with E-state index in [0.717, 1.165) is 0 Å². The summed E-state index contributed by atoms with van der Waals surface area (Å²) in [6, 6.07) is 0. The van der Waals surface area contributed by atoms with Crippen LogP contribution in [-0.2, 0) is 23.9 Å². The summed E-state index contributed by atoms with van der Waals surface area (Å²) in [6.07, 6.45) is 5.02. The molecular weight excluding hydrogens is 286 g/mol. The SMILES string of the molecule is CC(C)(C)OC(=O)C[C@@H]1C/C=C/CCC(=O)OCCNC1=O. The van der Waals surface area contributed by atoms with Crippen molar-refractivity contribution >= 4 is 17.8 Å². The molecule has 0 bridgehead atoms. The van der Waals surface area contributed by atoms with Crippen molar-refractivity contribution in [3.63, 3.8) is 0 Å². The van der Waals surface area contributed by atoms with Crippen molar-refractivity contribution < 1.29 is 23.9 Å². The van der Waals surface area contributed by atoms with E-state index < -0.39 is 11.5 Å². The van der Waals surface area contributed by atoms with E-state index in [9.17, 15) is 14.4 Å². The fourth-order valence-corrected chi connectivity index (χ4v) is 2.00. The summed E-state index contributed by atoms with van der Waals surface area (Å²) < 4.78 is 10.2. The fraction of sp³-hybridized carbons (Fsp3) is 0.688. The zero-order chi connectivity index (χ0) is 16.6. The van der Waals surface area contributed by atoms with E-state index in [1.807, 2.05) is 12.2 Å². The van der Waals surface area contributed by atoms with E-state index in [2.05, 4.69) is 5.32 Å². The Morgan fingerprint density at radius 1 is 1.36 bits per heavy atom. The molecule has 0 aliphatic carbocycles. The molecule has 6 nitrogen and oxygen atoms in total. The maximum absolute atomic E-state index is 12.1. The van der Waals surface area contributed by atoms with Crippen LogP contribution >= 0.6 is 0 Å². The Bertz CT molecular complexity index is 436. The molecule has 0 radical (unpaired) electrons. The summed E-state index contributed by atoms with van der Waals surface area (Å²) >= 11 is 0. The van der Waals surface area contributed by atoms with Crippen LogP contribution in [-0.4, -0.2) is 36.6 Å². The monoisotopic (exact) mass is 311 g/mol. The smallest absolute Gasteiger partial charge is 0.307 e. The van der Waals surface area contributed by atoms with Crippen molar-refractivity contribution in [2.45, 2.75) is 52.1 Å². The Morgan fingerprint density at radius 2 is 2.09 bits per heavy atom. The average Bonchev–Trinajstić information content (AvgIpc) is 2.38. The van der Waals surface area contributed by atoms with Crippen LogP contribution in [0.4, 0.5) is 0 Å². The largest absolute Gasteiger partial charge is 0.464 e. The van der Waals surface area contributed by atoms with Gasteiger partial charge >= 0.3 is 11.9 Å². The van der Waals surface area contributed by atoms with Gasteiger partial charge in [0.25, 0.3) is 0 Å². The van der Waals surface area contributed by atoms with Gasteiger partial charge in [-0.3, -0.25) is 14.4 Å². The van der Waals surface area contributed by atoms with Crippen LogP contribution in [0.5, 0.6) is 0 Å². The molecule has 0 saturated heterocycles. The maximum atomic E-state index is 12.1. The average molecular weight is 311 g/mol. The predicted molar refractivity (Wildman–Crippen MR) is 80.9 cm³/mol. The second kappa shape index (κ2) is 8.56. The van der Waals surface area contributed by atoms with E-state index in [1.54, 1.807) is 20.8 Å². The maximum Gasteiger partial charge on any atom is 0.307 e. The van der Waals surface area contributed by atoms with Gasteiger partial charge in [0.15, 0.2) is 0 Å².